The van der Waals surface area contributed by atoms with E-state index in [4.69, 9.17) is 4.74 Å². The average molecular weight is 437 g/mol. The molecule has 160 valence electrons. The third kappa shape index (κ3) is 4.76. The number of anilines is 1. The van der Waals surface area contributed by atoms with Crippen LogP contribution in [-0.4, -0.2) is 66.9 Å². The van der Waals surface area contributed by atoms with Gasteiger partial charge in [-0.05, 0) is 25.2 Å². The first-order chi connectivity index (χ1) is 15.0. The lowest BCUT2D eigenvalue weighted by molar-refractivity contribution is 0.0664. The lowest BCUT2D eigenvalue weighted by Crippen LogP contribution is -2.47. The highest BCUT2D eigenvalue weighted by molar-refractivity contribution is 7.17. The Morgan fingerprint density at radius 1 is 1.06 bits per heavy atom. The molecule has 0 radical (unpaired) electrons. The van der Waals surface area contributed by atoms with Gasteiger partial charge < -0.3 is 19.9 Å². The molecule has 3 aromatic rings. The minimum atomic E-state index is -0.290. The van der Waals surface area contributed by atoms with Gasteiger partial charge in [-0.1, -0.05) is 30.3 Å². The molecule has 2 heterocycles. The first kappa shape index (κ1) is 21.0. The van der Waals surface area contributed by atoms with Gasteiger partial charge in [0.05, 0.1) is 19.0 Å². The number of hydrogen-bond acceptors (Lipinski definition) is 6. The number of amides is 2. The molecule has 31 heavy (non-hydrogen) atoms. The summed E-state index contributed by atoms with van der Waals surface area (Å²) in [5.74, 6) is 0.161. The Bertz CT molecular complexity index is 1080. The lowest BCUT2D eigenvalue weighted by atomic mass is 10.1. The predicted octanol–water partition coefficient (Wildman–Crippen LogP) is 3.46. The molecular weight excluding hydrogens is 412 g/mol. The predicted molar refractivity (Wildman–Crippen MR) is 122 cm³/mol. The van der Waals surface area contributed by atoms with E-state index in [0.717, 1.165) is 23.7 Å². The Morgan fingerprint density at radius 2 is 1.81 bits per heavy atom. The third-order valence-electron chi connectivity index (χ3n) is 5.24. The molecular formula is C23H24N4O3S. The highest BCUT2D eigenvalue weighted by atomic mass is 32.1. The summed E-state index contributed by atoms with van der Waals surface area (Å²) in [6, 6.07) is 14.8. The molecule has 0 saturated carbocycles. The second-order valence-corrected chi connectivity index (χ2v) is 8.39. The minimum absolute atomic E-state index is 0.0459. The van der Waals surface area contributed by atoms with Gasteiger partial charge in [0.2, 0.25) is 0 Å². The van der Waals surface area contributed by atoms with Gasteiger partial charge in [-0.2, -0.15) is 0 Å². The number of carbonyl (C=O) groups is 2. The van der Waals surface area contributed by atoms with Crippen LogP contribution in [0.3, 0.4) is 0 Å². The number of rotatable bonds is 5. The summed E-state index contributed by atoms with van der Waals surface area (Å²) in [6.45, 7) is 3.07. The average Bonchev–Trinajstić information content (AvgIpc) is 3.30. The number of aromatic nitrogens is 1. The quantitative estimate of drug-likeness (QED) is 0.663. The zero-order chi connectivity index (χ0) is 21.8. The maximum atomic E-state index is 12.9. The zero-order valence-electron chi connectivity index (χ0n) is 17.5. The fraction of sp³-hybridized carbons (Fsp3) is 0.261. The summed E-state index contributed by atoms with van der Waals surface area (Å²) >= 11 is 1.32. The molecule has 7 nitrogen and oxygen atoms in total. The minimum Gasteiger partial charge on any atom is -0.495 e. The smallest absolute Gasteiger partial charge is 0.267 e. The van der Waals surface area contributed by atoms with E-state index in [1.807, 2.05) is 42.3 Å². The Kier molecular flexibility index (Phi) is 6.29. The maximum Gasteiger partial charge on any atom is 0.267 e. The second kappa shape index (κ2) is 9.28. The van der Waals surface area contributed by atoms with Crippen molar-refractivity contribution in [2.45, 2.75) is 0 Å². The van der Waals surface area contributed by atoms with Crippen molar-refractivity contribution in [1.29, 1.82) is 0 Å². The van der Waals surface area contributed by atoms with Gasteiger partial charge in [-0.15, -0.1) is 11.3 Å². The van der Waals surface area contributed by atoms with E-state index in [0.29, 0.717) is 35.0 Å². The Labute approximate surface area is 185 Å². The number of hydrogen-bond donors (Lipinski definition) is 1. The summed E-state index contributed by atoms with van der Waals surface area (Å²) in [7, 11) is 3.58. The van der Waals surface area contributed by atoms with Gasteiger partial charge in [-0.3, -0.25) is 9.59 Å². The lowest BCUT2D eigenvalue weighted by Gasteiger charge is -2.32. The summed E-state index contributed by atoms with van der Waals surface area (Å²) in [5.41, 5.74) is 1.95. The molecule has 8 heteroatoms. The van der Waals surface area contributed by atoms with Crippen LogP contribution < -0.4 is 10.1 Å². The van der Waals surface area contributed by atoms with E-state index in [9.17, 15) is 9.59 Å². The monoisotopic (exact) mass is 436 g/mol. The molecule has 0 atom stereocenters. The molecule has 4 rings (SSSR count). The largest absolute Gasteiger partial charge is 0.495 e. The van der Waals surface area contributed by atoms with Crippen LogP contribution in [-0.2, 0) is 0 Å². The van der Waals surface area contributed by atoms with Gasteiger partial charge in [0.25, 0.3) is 11.8 Å². The van der Waals surface area contributed by atoms with Gasteiger partial charge in [-0.25, -0.2) is 4.98 Å². The normalized spacial score (nSPS) is 14.3. The first-order valence-electron chi connectivity index (χ1n) is 10.0. The summed E-state index contributed by atoms with van der Waals surface area (Å²) in [6.07, 6.45) is 1.56. The van der Waals surface area contributed by atoms with Crippen LogP contribution in [0.4, 0.5) is 5.69 Å². The molecule has 1 fully saturated rings. The van der Waals surface area contributed by atoms with E-state index < -0.39 is 0 Å². The van der Waals surface area contributed by atoms with E-state index in [1.165, 1.54) is 18.4 Å². The number of benzene rings is 2. The molecule has 1 aliphatic heterocycles. The Balaban J connectivity index is 1.52. The summed E-state index contributed by atoms with van der Waals surface area (Å²) in [5, 5.41) is 3.65. The molecule has 0 unspecified atom stereocenters. The summed E-state index contributed by atoms with van der Waals surface area (Å²) in [4.78, 5) is 34.7. The van der Waals surface area contributed by atoms with Gasteiger partial charge in [0.15, 0.2) is 0 Å². The molecule has 0 spiro atoms. The van der Waals surface area contributed by atoms with Crippen molar-refractivity contribution in [1.82, 2.24) is 14.8 Å². The number of likely N-dealkylation sites (N-methyl/N-ethyl adjacent to an activating group) is 1. The van der Waals surface area contributed by atoms with E-state index in [-0.39, 0.29) is 11.8 Å². The fourth-order valence-electron chi connectivity index (χ4n) is 3.41. The van der Waals surface area contributed by atoms with Crippen LogP contribution in [0, 0.1) is 0 Å². The van der Waals surface area contributed by atoms with Crippen molar-refractivity contribution in [2.24, 2.45) is 0 Å². The standard InChI is InChI=1S/C23H24N4O3S/c1-26-10-12-27(13-11-26)23(29)17-8-9-19(30-2)18(14-17)25-21(28)20-15-24-22(31-20)16-6-4-3-5-7-16/h3-9,14-15H,10-13H2,1-2H3,(H,25,28). The molecule has 0 bridgehead atoms. The van der Waals surface area contributed by atoms with Crippen molar-refractivity contribution in [3.8, 4) is 16.3 Å². The van der Waals surface area contributed by atoms with Crippen LogP contribution in [0.25, 0.3) is 10.6 Å². The SMILES string of the molecule is COc1ccc(C(=O)N2CCN(C)CC2)cc1NC(=O)c1cnc(-c2ccccc2)s1. The van der Waals surface area contributed by atoms with Gasteiger partial charge in [0, 0.05) is 37.3 Å². The van der Waals surface area contributed by atoms with Crippen LogP contribution in [0.5, 0.6) is 5.75 Å². The van der Waals surface area contributed by atoms with Gasteiger partial charge >= 0.3 is 0 Å². The van der Waals surface area contributed by atoms with Gasteiger partial charge in [0.1, 0.15) is 15.6 Å². The highest BCUT2D eigenvalue weighted by Gasteiger charge is 2.22. The molecule has 1 aromatic heterocycles. The topological polar surface area (TPSA) is 74.8 Å². The number of nitrogens with one attached hydrogen (secondary N) is 1. The Morgan fingerprint density at radius 3 is 2.52 bits per heavy atom. The van der Waals surface area contributed by atoms with Crippen molar-refractivity contribution in [3.05, 3.63) is 65.2 Å². The molecule has 2 amide bonds. The molecule has 1 aliphatic rings. The van der Waals surface area contributed by atoms with Crippen LogP contribution in [0.1, 0.15) is 20.0 Å². The second-order valence-electron chi connectivity index (χ2n) is 7.36. The van der Waals surface area contributed by atoms with E-state index >= 15 is 0 Å². The summed E-state index contributed by atoms with van der Waals surface area (Å²) < 4.78 is 5.39. The molecule has 0 aliphatic carbocycles. The van der Waals surface area contributed by atoms with Crippen molar-refractivity contribution in [3.63, 3.8) is 0 Å². The fourth-order valence-corrected chi connectivity index (χ4v) is 4.22. The number of piperazine rings is 1. The number of methoxy groups -OCH3 is 1. The highest BCUT2D eigenvalue weighted by Crippen LogP contribution is 2.29. The molecule has 2 aromatic carbocycles. The van der Waals surface area contributed by atoms with Crippen molar-refractivity contribution < 1.29 is 14.3 Å². The van der Waals surface area contributed by atoms with Crippen LogP contribution in [0.2, 0.25) is 0 Å². The number of carbonyl (C=O) groups excluding carboxylic acids is 2. The Hall–Kier alpha value is -3.23. The number of thiazole rings is 1. The molecule has 1 saturated heterocycles. The van der Waals surface area contributed by atoms with Crippen molar-refractivity contribution >= 4 is 28.8 Å². The maximum absolute atomic E-state index is 12.9. The van der Waals surface area contributed by atoms with E-state index in [1.54, 1.807) is 24.4 Å². The molecule has 1 N–H and O–H groups in total. The third-order valence-corrected chi connectivity index (χ3v) is 6.28. The van der Waals surface area contributed by atoms with Crippen LogP contribution >= 0.6 is 11.3 Å². The number of ether oxygens (including phenoxy) is 1. The number of nitrogens with zero attached hydrogens (tertiary/aromatic N) is 3. The van der Waals surface area contributed by atoms with Crippen molar-refractivity contribution in [2.75, 3.05) is 45.7 Å². The van der Waals surface area contributed by atoms with Crippen LogP contribution in [0.15, 0.2) is 54.7 Å². The zero-order valence-corrected chi connectivity index (χ0v) is 18.3. The first-order valence-corrected chi connectivity index (χ1v) is 10.9. The van der Waals surface area contributed by atoms with E-state index in [2.05, 4.69) is 15.2 Å².